The molecule has 2 atom stereocenters. The number of ketones is 1. The zero-order valence-electron chi connectivity index (χ0n) is 12.6. The molecular formula is C18H26O. The highest BCUT2D eigenvalue weighted by Gasteiger charge is 2.10. The number of Topliss-reactive ketones (excluding diaryl/α,β-unsaturated/α-hetero) is 1. The van der Waals surface area contributed by atoms with Crippen LogP contribution in [0.1, 0.15) is 27.7 Å². The molecule has 0 aliphatic carbocycles. The molecule has 0 aromatic carbocycles. The summed E-state index contributed by atoms with van der Waals surface area (Å²) < 4.78 is 0. The van der Waals surface area contributed by atoms with Crippen LogP contribution in [-0.2, 0) is 4.79 Å². The van der Waals surface area contributed by atoms with Crippen molar-refractivity contribution in [2.45, 2.75) is 27.7 Å². The van der Waals surface area contributed by atoms with Crippen LogP contribution in [0.3, 0.4) is 0 Å². The molecule has 0 spiro atoms. The average molecular weight is 258 g/mol. The molecule has 2 unspecified atom stereocenters. The van der Waals surface area contributed by atoms with Gasteiger partial charge in [-0.15, -0.1) is 0 Å². The van der Waals surface area contributed by atoms with E-state index in [-0.39, 0.29) is 11.7 Å². The van der Waals surface area contributed by atoms with Crippen molar-refractivity contribution in [3.8, 4) is 0 Å². The molecule has 0 radical (unpaired) electrons. The number of hydrogen-bond donors (Lipinski definition) is 0. The van der Waals surface area contributed by atoms with Gasteiger partial charge >= 0.3 is 0 Å². The van der Waals surface area contributed by atoms with E-state index in [0.29, 0.717) is 17.4 Å². The maximum absolute atomic E-state index is 11.7. The number of rotatable bonds is 8. The van der Waals surface area contributed by atoms with Crippen molar-refractivity contribution >= 4 is 5.78 Å². The minimum atomic E-state index is -0.175. The minimum absolute atomic E-state index is 0.00836. The van der Waals surface area contributed by atoms with E-state index in [1.807, 2.05) is 31.2 Å². The number of hydrogen-bond acceptors (Lipinski definition) is 1. The van der Waals surface area contributed by atoms with E-state index in [1.54, 1.807) is 0 Å². The van der Waals surface area contributed by atoms with E-state index in [4.69, 9.17) is 0 Å². The van der Waals surface area contributed by atoms with Gasteiger partial charge in [0.25, 0.3) is 0 Å². The monoisotopic (exact) mass is 258 g/mol. The smallest absolute Gasteiger partial charge is 0.168 e. The Morgan fingerprint density at radius 1 is 1.05 bits per heavy atom. The Hall–Kier alpha value is -1.63. The van der Waals surface area contributed by atoms with Crippen molar-refractivity contribution < 1.29 is 4.79 Å². The Balaban J connectivity index is 4.44. The minimum Gasteiger partial charge on any atom is -0.294 e. The molecule has 0 heterocycles. The van der Waals surface area contributed by atoms with Crippen LogP contribution in [0.25, 0.3) is 0 Å². The van der Waals surface area contributed by atoms with Gasteiger partial charge in [-0.1, -0.05) is 83.4 Å². The van der Waals surface area contributed by atoms with Crippen LogP contribution in [0.2, 0.25) is 0 Å². The third-order valence-corrected chi connectivity index (χ3v) is 3.38. The molecule has 0 amide bonds. The van der Waals surface area contributed by atoms with E-state index in [2.05, 4.69) is 40.5 Å². The van der Waals surface area contributed by atoms with Crippen molar-refractivity contribution in [3.05, 3.63) is 61.3 Å². The SMILES string of the molecule is C=CC(=C)C(=O)C(C)/C=C\C=C/C(=C)C(C)C(C)C. The summed E-state index contributed by atoms with van der Waals surface area (Å²) in [5.41, 5.74) is 1.56. The predicted octanol–water partition coefficient (Wildman–Crippen LogP) is 4.89. The lowest BCUT2D eigenvalue weighted by molar-refractivity contribution is -0.117. The van der Waals surface area contributed by atoms with Crippen LogP contribution in [0.15, 0.2) is 61.3 Å². The first-order valence-electron chi connectivity index (χ1n) is 6.70. The van der Waals surface area contributed by atoms with Crippen LogP contribution >= 0.6 is 0 Å². The number of allylic oxidation sites excluding steroid dienone is 7. The van der Waals surface area contributed by atoms with Crippen molar-refractivity contribution in [1.29, 1.82) is 0 Å². The van der Waals surface area contributed by atoms with E-state index in [1.165, 1.54) is 6.08 Å². The third-order valence-electron chi connectivity index (χ3n) is 3.38. The summed E-state index contributed by atoms with van der Waals surface area (Å²) in [5.74, 6) is 0.877. The zero-order chi connectivity index (χ0) is 15.0. The first kappa shape index (κ1) is 17.4. The van der Waals surface area contributed by atoms with Gasteiger partial charge in [0, 0.05) is 11.5 Å². The Kier molecular flexibility index (Phi) is 7.74. The van der Waals surface area contributed by atoms with Gasteiger partial charge in [-0.3, -0.25) is 4.79 Å². The second kappa shape index (κ2) is 8.47. The standard InChI is InChI=1S/C18H26O/c1-8-14(4)18(19)16(6)12-10-9-11-15(5)17(7)13(2)3/h8-13,16-17H,1,4-5H2,2-3,6-7H3/b11-9-,12-10-. The van der Waals surface area contributed by atoms with Crippen molar-refractivity contribution in [2.75, 3.05) is 0 Å². The highest BCUT2D eigenvalue weighted by atomic mass is 16.1. The van der Waals surface area contributed by atoms with E-state index in [0.717, 1.165) is 5.57 Å². The van der Waals surface area contributed by atoms with Crippen molar-refractivity contribution in [2.24, 2.45) is 17.8 Å². The summed E-state index contributed by atoms with van der Waals surface area (Å²) in [7, 11) is 0. The molecule has 0 rings (SSSR count). The van der Waals surface area contributed by atoms with Gasteiger partial charge in [0.05, 0.1) is 0 Å². The zero-order valence-corrected chi connectivity index (χ0v) is 12.6. The molecule has 0 aromatic heterocycles. The molecule has 0 saturated carbocycles. The fraction of sp³-hybridized carbons (Fsp3) is 0.389. The predicted molar refractivity (Wildman–Crippen MR) is 84.9 cm³/mol. The fourth-order valence-corrected chi connectivity index (χ4v) is 1.47. The van der Waals surface area contributed by atoms with Crippen molar-refractivity contribution in [3.63, 3.8) is 0 Å². The van der Waals surface area contributed by atoms with E-state index >= 15 is 0 Å². The second-order valence-electron chi connectivity index (χ2n) is 5.23. The molecule has 0 saturated heterocycles. The number of carbonyl (C=O) groups excluding carboxylic acids is 1. The van der Waals surface area contributed by atoms with Gasteiger partial charge in [-0.2, -0.15) is 0 Å². The molecule has 0 N–H and O–H groups in total. The summed E-state index contributed by atoms with van der Waals surface area (Å²) >= 11 is 0. The molecule has 0 bridgehead atoms. The lowest BCUT2D eigenvalue weighted by atomic mass is 9.91. The quantitative estimate of drug-likeness (QED) is 0.447. The molecule has 19 heavy (non-hydrogen) atoms. The largest absolute Gasteiger partial charge is 0.294 e. The summed E-state index contributed by atoms with van der Waals surface area (Å²) in [6, 6.07) is 0. The van der Waals surface area contributed by atoms with Gasteiger partial charge in [-0.25, -0.2) is 0 Å². The molecule has 0 fully saturated rings. The molecule has 0 aliphatic heterocycles. The molecule has 1 nitrogen and oxygen atoms in total. The lowest BCUT2D eigenvalue weighted by Crippen LogP contribution is -2.08. The Morgan fingerprint density at radius 3 is 2.11 bits per heavy atom. The highest BCUT2D eigenvalue weighted by Crippen LogP contribution is 2.19. The molecule has 0 aliphatic rings. The summed E-state index contributed by atoms with van der Waals surface area (Å²) in [6.07, 6.45) is 9.18. The van der Waals surface area contributed by atoms with Crippen LogP contribution in [0.4, 0.5) is 0 Å². The van der Waals surface area contributed by atoms with Gasteiger partial charge in [0.2, 0.25) is 0 Å². The van der Waals surface area contributed by atoms with Crippen LogP contribution in [-0.4, -0.2) is 5.78 Å². The summed E-state index contributed by atoms with van der Waals surface area (Å²) in [5, 5.41) is 0. The van der Waals surface area contributed by atoms with Gasteiger partial charge in [0.15, 0.2) is 5.78 Å². The van der Waals surface area contributed by atoms with Gasteiger partial charge < -0.3 is 0 Å². The van der Waals surface area contributed by atoms with Gasteiger partial charge in [-0.05, 0) is 11.8 Å². The lowest BCUT2D eigenvalue weighted by Gasteiger charge is -2.15. The first-order valence-corrected chi connectivity index (χ1v) is 6.70. The van der Waals surface area contributed by atoms with Gasteiger partial charge in [0.1, 0.15) is 0 Å². The van der Waals surface area contributed by atoms with E-state index in [9.17, 15) is 4.79 Å². The summed E-state index contributed by atoms with van der Waals surface area (Å²) in [6.45, 7) is 19.6. The first-order chi connectivity index (χ1) is 8.81. The van der Waals surface area contributed by atoms with Crippen molar-refractivity contribution in [1.82, 2.24) is 0 Å². The molecule has 0 aromatic rings. The molecule has 104 valence electrons. The van der Waals surface area contributed by atoms with Crippen LogP contribution in [0, 0.1) is 17.8 Å². The Labute approximate surface area is 118 Å². The molecule has 1 heteroatoms. The van der Waals surface area contributed by atoms with E-state index < -0.39 is 0 Å². The Morgan fingerprint density at radius 2 is 1.63 bits per heavy atom. The third kappa shape index (κ3) is 6.19. The highest BCUT2D eigenvalue weighted by molar-refractivity contribution is 5.99. The number of carbonyl (C=O) groups is 1. The van der Waals surface area contributed by atoms with Crippen LogP contribution in [0.5, 0.6) is 0 Å². The van der Waals surface area contributed by atoms with Crippen LogP contribution < -0.4 is 0 Å². The Bertz CT molecular complexity index is 407. The maximum Gasteiger partial charge on any atom is 0.168 e. The molecular weight excluding hydrogens is 232 g/mol. The average Bonchev–Trinajstić information content (AvgIpc) is 2.39. The fourth-order valence-electron chi connectivity index (χ4n) is 1.47. The topological polar surface area (TPSA) is 17.1 Å². The second-order valence-corrected chi connectivity index (χ2v) is 5.23. The maximum atomic E-state index is 11.7. The summed E-state index contributed by atoms with van der Waals surface area (Å²) in [4.78, 5) is 11.7. The normalized spacial score (nSPS) is 14.8.